The molecule has 0 amide bonds. The number of rotatable bonds is 3. The molecule has 0 bridgehead atoms. The zero-order valence-corrected chi connectivity index (χ0v) is 10.7. The molecule has 3 N–H and O–H groups in total. The van der Waals surface area contributed by atoms with Crippen LogP contribution in [0.5, 0.6) is 0 Å². The number of aryl methyl sites for hydroxylation is 1. The van der Waals surface area contributed by atoms with Gasteiger partial charge in [-0.15, -0.1) is 0 Å². The van der Waals surface area contributed by atoms with Crippen molar-refractivity contribution in [2.24, 2.45) is 17.7 Å². The molecule has 1 aromatic heterocycles. The van der Waals surface area contributed by atoms with Crippen LogP contribution in [0, 0.1) is 18.8 Å². The van der Waals surface area contributed by atoms with Gasteiger partial charge >= 0.3 is 0 Å². The van der Waals surface area contributed by atoms with Gasteiger partial charge < -0.3 is 0 Å². The van der Waals surface area contributed by atoms with Crippen molar-refractivity contribution < 1.29 is 0 Å². The molecule has 1 atom stereocenters. The monoisotopic (exact) mass is 234 g/mol. The molecule has 1 saturated carbocycles. The number of aromatic nitrogens is 2. The van der Waals surface area contributed by atoms with Gasteiger partial charge in [-0.1, -0.05) is 19.8 Å². The molecule has 17 heavy (non-hydrogen) atoms. The Bertz CT molecular complexity index is 341. The summed E-state index contributed by atoms with van der Waals surface area (Å²) >= 11 is 0. The van der Waals surface area contributed by atoms with Gasteiger partial charge in [0.15, 0.2) is 0 Å². The van der Waals surface area contributed by atoms with Crippen LogP contribution in [-0.4, -0.2) is 9.97 Å². The molecule has 4 nitrogen and oxygen atoms in total. The highest BCUT2D eigenvalue weighted by atomic mass is 15.2. The summed E-state index contributed by atoms with van der Waals surface area (Å²) in [6, 6.07) is 0.149. The first-order valence-corrected chi connectivity index (χ1v) is 6.45. The van der Waals surface area contributed by atoms with E-state index in [4.69, 9.17) is 5.84 Å². The highest BCUT2D eigenvalue weighted by Gasteiger charge is 2.27. The largest absolute Gasteiger partial charge is 0.271 e. The summed E-state index contributed by atoms with van der Waals surface area (Å²) in [5, 5.41) is 0. The van der Waals surface area contributed by atoms with Crippen molar-refractivity contribution in [1.29, 1.82) is 0 Å². The highest BCUT2D eigenvalue weighted by molar-refractivity contribution is 5.07. The molecule has 0 aliphatic heterocycles. The fourth-order valence-corrected chi connectivity index (χ4v) is 2.65. The quantitative estimate of drug-likeness (QED) is 0.621. The number of nitrogens with two attached hydrogens (primary N) is 1. The Morgan fingerprint density at radius 3 is 2.47 bits per heavy atom. The number of nitrogens with one attached hydrogen (secondary N) is 1. The van der Waals surface area contributed by atoms with Crippen LogP contribution in [0.25, 0.3) is 0 Å². The minimum Gasteiger partial charge on any atom is -0.271 e. The number of hydrazine groups is 1. The van der Waals surface area contributed by atoms with E-state index < -0.39 is 0 Å². The minimum atomic E-state index is 0.149. The molecule has 1 heterocycles. The van der Waals surface area contributed by atoms with E-state index in [1.165, 1.54) is 25.7 Å². The normalized spacial score (nSPS) is 26.8. The van der Waals surface area contributed by atoms with Crippen molar-refractivity contribution in [3.63, 3.8) is 0 Å². The lowest BCUT2D eigenvalue weighted by molar-refractivity contribution is 0.229. The van der Waals surface area contributed by atoms with E-state index >= 15 is 0 Å². The minimum absolute atomic E-state index is 0.149. The smallest absolute Gasteiger partial charge is 0.0772 e. The van der Waals surface area contributed by atoms with Gasteiger partial charge in [0, 0.05) is 6.20 Å². The van der Waals surface area contributed by atoms with Crippen molar-refractivity contribution in [3.05, 3.63) is 23.8 Å². The Morgan fingerprint density at radius 2 is 1.94 bits per heavy atom. The average molecular weight is 234 g/mol. The summed E-state index contributed by atoms with van der Waals surface area (Å²) in [5.41, 5.74) is 4.84. The first-order chi connectivity index (χ1) is 8.20. The van der Waals surface area contributed by atoms with E-state index in [1.807, 2.05) is 19.3 Å². The summed E-state index contributed by atoms with van der Waals surface area (Å²) in [7, 11) is 0. The molecule has 0 spiro atoms. The van der Waals surface area contributed by atoms with E-state index in [9.17, 15) is 0 Å². The van der Waals surface area contributed by atoms with Gasteiger partial charge in [-0.25, -0.2) is 0 Å². The molecule has 1 aliphatic rings. The predicted molar refractivity (Wildman–Crippen MR) is 68.0 cm³/mol. The van der Waals surface area contributed by atoms with Crippen molar-refractivity contribution >= 4 is 0 Å². The lowest BCUT2D eigenvalue weighted by atomic mass is 9.78. The van der Waals surface area contributed by atoms with Gasteiger partial charge in [0.25, 0.3) is 0 Å². The number of nitrogens with zero attached hydrogens (tertiary/aromatic N) is 2. The predicted octanol–water partition coefficient (Wildman–Crippen LogP) is 2.12. The maximum atomic E-state index is 5.69. The van der Waals surface area contributed by atoms with Crippen LogP contribution in [0.15, 0.2) is 12.4 Å². The standard InChI is InChI=1S/C13H22N4/c1-9-3-5-11(6-4-9)13(17-14)12-8-15-10(2)7-16-12/h7-9,11,13,17H,3-6,14H2,1-2H3. The summed E-state index contributed by atoms with van der Waals surface area (Å²) in [5.74, 6) is 7.14. The second-order valence-corrected chi connectivity index (χ2v) is 5.25. The first-order valence-electron chi connectivity index (χ1n) is 6.45. The van der Waals surface area contributed by atoms with Gasteiger partial charge in [0.2, 0.25) is 0 Å². The second-order valence-electron chi connectivity index (χ2n) is 5.25. The Kier molecular flexibility index (Phi) is 4.07. The van der Waals surface area contributed by atoms with Crippen LogP contribution in [-0.2, 0) is 0 Å². The topological polar surface area (TPSA) is 63.8 Å². The third kappa shape index (κ3) is 3.01. The molecule has 2 rings (SSSR count). The van der Waals surface area contributed by atoms with Crippen LogP contribution < -0.4 is 11.3 Å². The Hall–Kier alpha value is -1.00. The average Bonchev–Trinajstić information content (AvgIpc) is 2.35. The molecule has 1 aliphatic carbocycles. The molecular formula is C13H22N4. The van der Waals surface area contributed by atoms with Crippen molar-refractivity contribution in [2.45, 2.75) is 45.6 Å². The van der Waals surface area contributed by atoms with Crippen LogP contribution >= 0.6 is 0 Å². The van der Waals surface area contributed by atoms with Crippen molar-refractivity contribution in [1.82, 2.24) is 15.4 Å². The molecular weight excluding hydrogens is 212 g/mol. The van der Waals surface area contributed by atoms with Crippen LogP contribution in [0.1, 0.15) is 50.0 Å². The summed E-state index contributed by atoms with van der Waals surface area (Å²) in [6.07, 6.45) is 8.70. The van der Waals surface area contributed by atoms with E-state index in [0.717, 1.165) is 17.3 Å². The van der Waals surface area contributed by atoms with E-state index in [2.05, 4.69) is 22.3 Å². The first kappa shape index (κ1) is 12.5. The SMILES string of the molecule is Cc1cnc(C(NN)C2CCC(C)CC2)cn1. The third-order valence-electron chi connectivity index (χ3n) is 3.83. The molecule has 0 radical (unpaired) electrons. The zero-order valence-electron chi connectivity index (χ0n) is 10.7. The van der Waals surface area contributed by atoms with Crippen LogP contribution in [0.2, 0.25) is 0 Å². The van der Waals surface area contributed by atoms with Gasteiger partial charge in [-0.05, 0) is 31.6 Å². The van der Waals surface area contributed by atoms with Crippen LogP contribution in [0.4, 0.5) is 0 Å². The Morgan fingerprint density at radius 1 is 1.24 bits per heavy atom. The van der Waals surface area contributed by atoms with E-state index in [1.54, 1.807) is 0 Å². The zero-order chi connectivity index (χ0) is 12.3. The van der Waals surface area contributed by atoms with Gasteiger partial charge in [-0.3, -0.25) is 21.2 Å². The molecule has 0 saturated heterocycles. The molecule has 1 unspecified atom stereocenters. The molecule has 1 aromatic rings. The Labute approximate surface area is 103 Å². The highest BCUT2D eigenvalue weighted by Crippen LogP contribution is 2.35. The van der Waals surface area contributed by atoms with Gasteiger partial charge in [0.1, 0.15) is 0 Å². The van der Waals surface area contributed by atoms with Crippen LogP contribution in [0.3, 0.4) is 0 Å². The molecule has 94 valence electrons. The molecule has 1 fully saturated rings. The Balaban J connectivity index is 2.08. The lowest BCUT2D eigenvalue weighted by Crippen LogP contribution is -2.35. The summed E-state index contributed by atoms with van der Waals surface area (Å²) in [4.78, 5) is 8.74. The van der Waals surface area contributed by atoms with E-state index in [0.29, 0.717) is 5.92 Å². The van der Waals surface area contributed by atoms with E-state index in [-0.39, 0.29) is 6.04 Å². The third-order valence-corrected chi connectivity index (χ3v) is 3.83. The second kappa shape index (κ2) is 5.56. The molecule has 4 heteroatoms. The summed E-state index contributed by atoms with van der Waals surface area (Å²) < 4.78 is 0. The number of hydrogen-bond acceptors (Lipinski definition) is 4. The summed E-state index contributed by atoms with van der Waals surface area (Å²) in [6.45, 7) is 4.27. The maximum absolute atomic E-state index is 5.69. The fourth-order valence-electron chi connectivity index (χ4n) is 2.65. The number of hydrogen-bond donors (Lipinski definition) is 2. The maximum Gasteiger partial charge on any atom is 0.0772 e. The van der Waals surface area contributed by atoms with Gasteiger partial charge in [-0.2, -0.15) is 0 Å². The lowest BCUT2D eigenvalue weighted by Gasteiger charge is -2.31. The van der Waals surface area contributed by atoms with Crippen molar-refractivity contribution in [3.8, 4) is 0 Å². The van der Waals surface area contributed by atoms with Crippen molar-refractivity contribution in [2.75, 3.05) is 0 Å². The fraction of sp³-hybridized carbons (Fsp3) is 0.692. The molecule has 0 aromatic carbocycles. The van der Waals surface area contributed by atoms with Gasteiger partial charge in [0.05, 0.1) is 23.6 Å².